The molecule has 0 bridgehead atoms. The van der Waals surface area contributed by atoms with Gasteiger partial charge in [-0.3, -0.25) is 4.98 Å². The van der Waals surface area contributed by atoms with Gasteiger partial charge in [-0.1, -0.05) is 49.8 Å². The number of hydrogen-bond acceptors (Lipinski definition) is 1. The van der Waals surface area contributed by atoms with Crippen LogP contribution in [0.15, 0.2) is 66.9 Å². The van der Waals surface area contributed by atoms with Gasteiger partial charge < -0.3 is 0 Å². The Balaban J connectivity index is 1.57. The van der Waals surface area contributed by atoms with Crippen molar-refractivity contribution in [3.63, 3.8) is 0 Å². The summed E-state index contributed by atoms with van der Waals surface area (Å²) < 4.78 is 42.7. The molecule has 1 heterocycles. The zero-order valence-corrected chi connectivity index (χ0v) is 17.8. The van der Waals surface area contributed by atoms with Gasteiger partial charge in [0.2, 0.25) is 0 Å². The molecule has 0 atom stereocenters. The molecule has 1 aromatic heterocycles. The predicted octanol–water partition coefficient (Wildman–Crippen LogP) is 7.45. The van der Waals surface area contributed by atoms with Crippen LogP contribution in [0.2, 0.25) is 0 Å². The highest BCUT2D eigenvalue weighted by molar-refractivity contribution is 5.84. The number of pyridine rings is 1. The molecule has 32 heavy (non-hydrogen) atoms. The standard InChI is InChI=1S/C28H22F3N/c1-2-3-4-5-20-8-13-28(32-18-20)23-16-26(30)25(27(31)17-23)12-7-19-6-9-22-15-24(29)11-10-21(22)14-19/h6,8-11,13-18H,2-5H2,1H3. The maximum atomic E-state index is 14.7. The van der Waals surface area contributed by atoms with Crippen LogP contribution in [0.25, 0.3) is 22.0 Å². The van der Waals surface area contributed by atoms with Crippen molar-refractivity contribution in [1.82, 2.24) is 4.98 Å². The normalized spacial score (nSPS) is 10.8. The second-order valence-corrected chi connectivity index (χ2v) is 7.78. The van der Waals surface area contributed by atoms with E-state index >= 15 is 0 Å². The number of halogens is 3. The summed E-state index contributed by atoms with van der Waals surface area (Å²) in [6.45, 7) is 2.16. The van der Waals surface area contributed by atoms with E-state index < -0.39 is 11.6 Å². The minimum atomic E-state index is -0.732. The maximum absolute atomic E-state index is 14.7. The summed E-state index contributed by atoms with van der Waals surface area (Å²) in [5.41, 5.74) is 2.31. The second kappa shape index (κ2) is 9.70. The number of fused-ring (bicyclic) bond motifs is 1. The molecule has 1 nitrogen and oxygen atoms in total. The molecule has 0 unspecified atom stereocenters. The zero-order chi connectivity index (χ0) is 22.5. The highest BCUT2D eigenvalue weighted by Gasteiger charge is 2.11. The van der Waals surface area contributed by atoms with Crippen molar-refractivity contribution < 1.29 is 13.2 Å². The van der Waals surface area contributed by atoms with Crippen molar-refractivity contribution in [3.8, 4) is 23.1 Å². The minimum absolute atomic E-state index is 0.288. The van der Waals surface area contributed by atoms with Gasteiger partial charge in [0.25, 0.3) is 0 Å². The molecule has 0 radical (unpaired) electrons. The SMILES string of the molecule is CCCCCc1ccc(-c2cc(F)c(C#Cc3ccc4cc(F)ccc4c3)c(F)c2)nc1. The van der Waals surface area contributed by atoms with Crippen molar-refractivity contribution in [1.29, 1.82) is 0 Å². The molecule has 4 rings (SSSR count). The molecule has 160 valence electrons. The van der Waals surface area contributed by atoms with E-state index in [0.29, 0.717) is 16.8 Å². The van der Waals surface area contributed by atoms with Crippen LogP contribution in [0.5, 0.6) is 0 Å². The van der Waals surface area contributed by atoms with Gasteiger partial charge in [-0.15, -0.1) is 0 Å². The molecule has 0 amide bonds. The number of aromatic nitrogens is 1. The molecular formula is C28H22F3N. The van der Waals surface area contributed by atoms with Crippen LogP contribution in [0.3, 0.4) is 0 Å². The quantitative estimate of drug-likeness (QED) is 0.237. The lowest BCUT2D eigenvalue weighted by Crippen LogP contribution is -1.94. The van der Waals surface area contributed by atoms with E-state index in [4.69, 9.17) is 0 Å². The first-order chi connectivity index (χ1) is 15.5. The molecule has 0 aliphatic heterocycles. The summed E-state index contributed by atoms with van der Waals surface area (Å²) in [4.78, 5) is 4.37. The number of hydrogen-bond donors (Lipinski definition) is 0. The summed E-state index contributed by atoms with van der Waals surface area (Å²) in [5.74, 6) is 3.61. The van der Waals surface area contributed by atoms with Crippen molar-refractivity contribution in [2.75, 3.05) is 0 Å². The highest BCUT2D eigenvalue weighted by atomic mass is 19.1. The van der Waals surface area contributed by atoms with Gasteiger partial charge in [-0.2, -0.15) is 0 Å². The van der Waals surface area contributed by atoms with Gasteiger partial charge in [0, 0.05) is 17.3 Å². The third kappa shape index (κ3) is 5.00. The molecule has 0 saturated heterocycles. The monoisotopic (exact) mass is 429 g/mol. The van der Waals surface area contributed by atoms with Gasteiger partial charge in [-0.25, -0.2) is 13.2 Å². The lowest BCUT2D eigenvalue weighted by atomic mass is 10.0. The number of rotatable bonds is 5. The lowest BCUT2D eigenvalue weighted by Gasteiger charge is -2.06. The summed E-state index contributed by atoms with van der Waals surface area (Å²) in [6.07, 6.45) is 6.13. The number of unbranched alkanes of at least 4 members (excludes halogenated alkanes) is 2. The average Bonchev–Trinajstić information content (AvgIpc) is 2.79. The zero-order valence-electron chi connectivity index (χ0n) is 17.8. The van der Waals surface area contributed by atoms with Crippen LogP contribution in [0.4, 0.5) is 13.2 Å². The van der Waals surface area contributed by atoms with Gasteiger partial charge in [0.05, 0.1) is 11.3 Å². The van der Waals surface area contributed by atoms with Gasteiger partial charge in [0.1, 0.15) is 17.5 Å². The molecule has 4 heteroatoms. The molecule has 3 aromatic carbocycles. The molecule has 0 N–H and O–H groups in total. The first kappa shape index (κ1) is 21.6. The van der Waals surface area contributed by atoms with Crippen LogP contribution in [0, 0.1) is 29.3 Å². The van der Waals surface area contributed by atoms with E-state index in [-0.39, 0.29) is 11.4 Å². The summed E-state index contributed by atoms with van der Waals surface area (Å²) >= 11 is 0. The lowest BCUT2D eigenvalue weighted by molar-refractivity contribution is 0.578. The molecule has 0 aliphatic rings. The van der Waals surface area contributed by atoms with E-state index in [1.807, 2.05) is 6.07 Å². The summed E-state index contributed by atoms with van der Waals surface area (Å²) in [6, 6.07) is 15.9. The van der Waals surface area contributed by atoms with E-state index in [2.05, 4.69) is 23.7 Å². The number of aryl methyl sites for hydroxylation is 1. The Hall–Kier alpha value is -3.58. The van der Waals surface area contributed by atoms with E-state index in [1.165, 1.54) is 30.7 Å². The highest BCUT2D eigenvalue weighted by Crippen LogP contribution is 2.24. The molecule has 0 spiro atoms. The molecule has 0 aliphatic carbocycles. The van der Waals surface area contributed by atoms with Crippen LogP contribution in [-0.2, 0) is 6.42 Å². The van der Waals surface area contributed by atoms with Crippen molar-refractivity contribution in [2.24, 2.45) is 0 Å². The van der Waals surface area contributed by atoms with Crippen LogP contribution < -0.4 is 0 Å². The fourth-order valence-electron chi connectivity index (χ4n) is 3.59. The average molecular weight is 429 g/mol. The third-order valence-corrected chi connectivity index (χ3v) is 5.37. The Bertz CT molecular complexity index is 1290. The Kier molecular flexibility index (Phi) is 6.56. The predicted molar refractivity (Wildman–Crippen MR) is 123 cm³/mol. The first-order valence-electron chi connectivity index (χ1n) is 10.7. The Labute approximate surface area is 185 Å². The van der Waals surface area contributed by atoms with E-state index in [9.17, 15) is 13.2 Å². The van der Waals surface area contributed by atoms with Crippen molar-refractivity contribution >= 4 is 10.8 Å². The Morgan fingerprint density at radius 1 is 0.781 bits per heavy atom. The first-order valence-corrected chi connectivity index (χ1v) is 10.7. The number of nitrogens with zero attached hydrogens (tertiary/aromatic N) is 1. The smallest absolute Gasteiger partial charge is 0.142 e. The van der Waals surface area contributed by atoms with Crippen LogP contribution >= 0.6 is 0 Å². The molecule has 0 saturated carbocycles. The third-order valence-electron chi connectivity index (χ3n) is 5.37. The maximum Gasteiger partial charge on any atom is 0.142 e. The summed E-state index contributed by atoms with van der Waals surface area (Å²) in [5, 5.41) is 1.54. The minimum Gasteiger partial charge on any atom is -0.256 e. The van der Waals surface area contributed by atoms with Crippen LogP contribution in [0.1, 0.15) is 42.9 Å². The largest absolute Gasteiger partial charge is 0.256 e. The fourth-order valence-corrected chi connectivity index (χ4v) is 3.59. The van der Waals surface area contributed by atoms with E-state index in [1.54, 1.807) is 36.5 Å². The van der Waals surface area contributed by atoms with Gasteiger partial charge in [0.15, 0.2) is 0 Å². The Morgan fingerprint density at radius 2 is 1.53 bits per heavy atom. The van der Waals surface area contributed by atoms with Crippen LogP contribution in [-0.4, -0.2) is 4.98 Å². The Morgan fingerprint density at radius 3 is 2.25 bits per heavy atom. The van der Waals surface area contributed by atoms with E-state index in [0.717, 1.165) is 35.6 Å². The van der Waals surface area contributed by atoms with Gasteiger partial charge in [-0.05, 0) is 71.6 Å². The second-order valence-electron chi connectivity index (χ2n) is 7.78. The van der Waals surface area contributed by atoms with Gasteiger partial charge >= 0.3 is 0 Å². The molecule has 4 aromatic rings. The summed E-state index contributed by atoms with van der Waals surface area (Å²) in [7, 11) is 0. The molecular weight excluding hydrogens is 407 g/mol. The number of benzene rings is 3. The fraction of sp³-hybridized carbons (Fsp3) is 0.179. The van der Waals surface area contributed by atoms with Crippen molar-refractivity contribution in [3.05, 3.63) is 101 Å². The van der Waals surface area contributed by atoms with Crippen molar-refractivity contribution in [2.45, 2.75) is 32.6 Å². The molecule has 0 fully saturated rings. The topological polar surface area (TPSA) is 12.9 Å².